The minimum Gasteiger partial charge on any atom is -0.460 e. The number of amides is 2. The number of alkyl carbamates (subject to hydrolysis) is 1. The average molecular weight is 493 g/mol. The zero-order valence-electron chi connectivity index (χ0n) is 22.8. The molecule has 35 heavy (non-hydrogen) atoms. The molecule has 1 rings (SSSR count). The normalized spacial score (nSPS) is 14.3. The molecule has 8 nitrogen and oxygen atoms in total. The molecule has 0 aliphatic rings. The van der Waals surface area contributed by atoms with Gasteiger partial charge < -0.3 is 24.4 Å². The largest absolute Gasteiger partial charge is 0.460 e. The van der Waals surface area contributed by atoms with Gasteiger partial charge >= 0.3 is 12.1 Å². The lowest BCUT2D eigenvalue weighted by atomic mass is 9.94. The van der Waals surface area contributed by atoms with Gasteiger partial charge in [-0.15, -0.1) is 0 Å². The second kappa shape index (κ2) is 14.1. The summed E-state index contributed by atoms with van der Waals surface area (Å²) in [5.41, 5.74) is 0.242. The number of nitrogens with zero attached hydrogens (tertiary/aromatic N) is 1. The molecule has 0 spiro atoms. The summed E-state index contributed by atoms with van der Waals surface area (Å²) in [4.78, 5) is 40.1. The highest BCUT2D eigenvalue weighted by molar-refractivity contribution is 5.86. The summed E-state index contributed by atoms with van der Waals surface area (Å²) in [6, 6.07) is 8.15. The number of benzene rings is 1. The molecule has 0 saturated carbocycles. The molecular weight excluding hydrogens is 448 g/mol. The second-order valence-electron chi connectivity index (χ2n) is 10.6. The van der Waals surface area contributed by atoms with Gasteiger partial charge in [0.15, 0.2) is 0 Å². The third-order valence-electron chi connectivity index (χ3n) is 5.50. The van der Waals surface area contributed by atoms with Crippen LogP contribution in [0, 0.1) is 11.8 Å². The molecule has 0 fully saturated rings. The van der Waals surface area contributed by atoms with Crippen LogP contribution in [0.1, 0.15) is 66.9 Å². The van der Waals surface area contributed by atoms with E-state index in [2.05, 4.69) is 5.32 Å². The number of carbonyl (C=O) groups is 3. The molecule has 0 aromatic heterocycles. The zero-order chi connectivity index (χ0) is 26.8. The van der Waals surface area contributed by atoms with Gasteiger partial charge in [0.25, 0.3) is 0 Å². The number of rotatable bonds is 12. The van der Waals surface area contributed by atoms with Crippen molar-refractivity contribution in [3.63, 3.8) is 0 Å². The van der Waals surface area contributed by atoms with E-state index in [1.54, 1.807) is 11.9 Å². The van der Waals surface area contributed by atoms with Crippen LogP contribution < -0.4 is 5.32 Å². The third kappa shape index (κ3) is 11.1. The first-order valence-electron chi connectivity index (χ1n) is 12.2. The van der Waals surface area contributed by atoms with Crippen LogP contribution in [0.3, 0.4) is 0 Å². The SMILES string of the molecule is CO[C@H](CC(=O)OC(C)(C)C)[C@H](CC(C)C)N(C)C(=O)[C@@H](NC(=O)OCc1ccccc1)C(C)C. The van der Waals surface area contributed by atoms with Crippen molar-refractivity contribution in [2.75, 3.05) is 14.2 Å². The van der Waals surface area contributed by atoms with E-state index in [0.29, 0.717) is 6.42 Å². The highest BCUT2D eigenvalue weighted by Gasteiger charge is 2.36. The molecule has 0 radical (unpaired) electrons. The van der Waals surface area contributed by atoms with Gasteiger partial charge in [0.2, 0.25) is 5.91 Å². The standard InChI is InChI=1S/C27H44N2O6/c1-18(2)15-21(22(33-9)16-23(30)35-27(5,6)7)29(8)25(31)24(19(3)4)28-26(32)34-17-20-13-11-10-12-14-20/h10-14,18-19,21-22,24H,15-17H2,1-9H3,(H,28,32)/t21-,22+,24-/m0/s1. The van der Waals surface area contributed by atoms with Crippen LogP contribution in [-0.4, -0.2) is 60.8 Å². The average Bonchev–Trinajstić information content (AvgIpc) is 2.76. The van der Waals surface area contributed by atoms with Gasteiger partial charge in [-0.1, -0.05) is 58.0 Å². The molecule has 1 aromatic rings. The Morgan fingerprint density at radius 2 is 1.63 bits per heavy atom. The zero-order valence-corrected chi connectivity index (χ0v) is 22.8. The molecule has 0 aliphatic carbocycles. The number of methoxy groups -OCH3 is 1. The number of nitrogens with one attached hydrogen (secondary N) is 1. The lowest BCUT2D eigenvalue weighted by Crippen LogP contribution is -2.55. The maximum atomic E-state index is 13.5. The molecule has 1 aromatic carbocycles. The Morgan fingerprint density at radius 3 is 2.11 bits per heavy atom. The lowest BCUT2D eigenvalue weighted by molar-refractivity contribution is -0.160. The number of esters is 1. The van der Waals surface area contributed by atoms with Crippen LogP contribution in [0.5, 0.6) is 0 Å². The number of hydrogen-bond donors (Lipinski definition) is 1. The Labute approximate surface area is 210 Å². The molecule has 0 bridgehead atoms. The minimum atomic E-state index is -0.794. The van der Waals surface area contributed by atoms with Crippen LogP contribution in [0.4, 0.5) is 4.79 Å². The summed E-state index contributed by atoms with van der Waals surface area (Å²) in [5, 5.41) is 2.72. The fraction of sp³-hybridized carbons (Fsp3) is 0.667. The number of ether oxygens (including phenoxy) is 3. The molecule has 0 heterocycles. The first-order valence-corrected chi connectivity index (χ1v) is 12.2. The fourth-order valence-corrected chi connectivity index (χ4v) is 3.75. The van der Waals surface area contributed by atoms with Gasteiger partial charge in [-0.2, -0.15) is 0 Å². The summed E-state index contributed by atoms with van der Waals surface area (Å²) in [7, 11) is 3.21. The van der Waals surface area contributed by atoms with Crippen LogP contribution in [0.2, 0.25) is 0 Å². The van der Waals surface area contributed by atoms with Crippen molar-refractivity contribution < 1.29 is 28.6 Å². The molecule has 1 N–H and O–H groups in total. The van der Waals surface area contributed by atoms with E-state index >= 15 is 0 Å². The molecule has 198 valence electrons. The van der Waals surface area contributed by atoms with Crippen molar-refractivity contribution in [1.29, 1.82) is 0 Å². The third-order valence-corrected chi connectivity index (χ3v) is 5.50. The second-order valence-corrected chi connectivity index (χ2v) is 10.6. The van der Waals surface area contributed by atoms with Gasteiger partial charge in [-0.05, 0) is 44.6 Å². The topological polar surface area (TPSA) is 94.2 Å². The maximum Gasteiger partial charge on any atom is 0.408 e. The summed E-state index contributed by atoms with van der Waals surface area (Å²) < 4.78 is 16.5. The van der Waals surface area contributed by atoms with Gasteiger partial charge in [-0.3, -0.25) is 9.59 Å². The minimum absolute atomic E-state index is 0.0155. The Bertz CT molecular complexity index is 804. The van der Waals surface area contributed by atoms with Crippen molar-refractivity contribution in [2.24, 2.45) is 11.8 Å². The van der Waals surface area contributed by atoms with Crippen molar-refractivity contribution >= 4 is 18.0 Å². The number of hydrogen-bond acceptors (Lipinski definition) is 6. The highest BCUT2D eigenvalue weighted by atomic mass is 16.6. The summed E-state index contributed by atoms with van der Waals surface area (Å²) >= 11 is 0. The van der Waals surface area contributed by atoms with E-state index in [1.807, 2.05) is 78.8 Å². The Hall–Kier alpha value is -2.61. The Morgan fingerprint density at radius 1 is 1.03 bits per heavy atom. The molecular formula is C27H44N2O6. The molecule has 0 aliphatic heterocycles. The van der Waals surface area contributed by atoms with E-state index in [4.69, 9.17) is 14.2 Å². The number of likely N-dealkylation sites (N-methyl/N-ethyl adjacent to an activating group) is 1. The first-order chi connectivity index (χ1) is 16.2. The van der Waals surface area contributed by atoms with Crippen molar-refractivity contribution in [1.82, 2.24) is 10.2 Å². The molecule has 0 unspecified atom stereocenters. The van der Waals surface area contributed by atoms with Crippen LogP contribution in [0.25, 0.3) is 0 Å². The van der Waals surface area contributed by atoms with E-state index in [1.165, 1.54) is 7.11 Å². The fourth-order valence-electron chi connectivity index (χ4n) is 3.75. The van der Waals surface area contributed by atoms with E-state index < -0.39 is 23.8 Å². The predicted molar refractivity (Wildman–Crippen MR) is 136 cm³/mol. The van der Waals surface area contributed by atoms with E-state index in [9.17, 15) is 14.4 Å². The smallest absolute Gasteiger partial charge is 0.408 e. The molecule has 2 amide bonds. The van der Waals surface area contributed by atoms with Crippen LogP contribution >= 0.6 is 0 Å². The predicted octanol–water partition coefficient (Wildman–Crippen LogP) is 4.56. The quantitative estimate of drug-likeness (QED) is 0.430. The first kappa shape index (κ1) is 30.4. The van der Waals surface area contributed by atoms with E-state index in [0.717, 1.165) is 5.56 Å². The monoisotopic (exact) mass is 492 g/mol. The molecule has 8 heteroatoms. The molecule has 3 atom stereocenters. The van der Waals surface area contributed by atoms with Gasteiger partial charge in [0.1, 0.15) is 18.2 Å². The van der Waals surface area contributed by atoms with Crippen molar-refractivity contribution in [3.8, 4) is 0 Å². The highest BCUT2D eigenvalue weighted by Crippen LogP contribution is 2.22. The summed E-state index contributed by atoms with van der Waals surface area (Å²) in [6.45, 7) is 13.4. The van der Waals surface area contributed by atoms with Crippen molar-refractivity contribution in [3.05, 3.63) is 35.9 Å². The van der Waals surface area contributed by atoms with Gasteiger partial charge in [0, 0.05) is 14.2 Å². The number of carbonyl (C=O) groups excluding carboxylic acids is 3. The Balaban J connectivity index is 2.97. The van der Waals surface area contributed by atoms with Gasteiger partial charge in [0.05, 0.1) is 18.6 Å². The summed E-state index contributed by atoms with van der Waals surface area (Å²) in [6.07, 6.45) is -0.583. The van der Waals surface area contributed by atoms with Crippen molar-refractivity contribution in [2.45, 2.75) is 91.7 Å². The maximum absolute atomic E-state index is 13.5. The van der Waals surface area contributed by atoms with E-state index in [-0.39, 0.29) is 42.8 Å². The summed E-state index contributed by atoms with van der Waals surface area (Å²) in [5.74, 6) is -0.593. The van der Waals surface area contributed by atoms with Crippen LogP contribution in [-0.2, 0) is 30.4 Å². The molecule has 0 saturated heterocycles. The van der Waals surface area contributed by atoms with Gasteiger partial charge in [-0.25, -0.2) is 4.79 Å². The lowest BCUT2D eigenvalue weighted by Gasteiger charge is -2.37. The van der Waals surface area contributed by atoms with Crippen LogP contribution in [0.15, 0.2) is 30.3 Å². The Kier molecular flexibility index (Phi) is 12.2.